The number of aromatic nitrogens is 2. The van der Waals surface area contributed by atoms with Crippen LogP contribution in [0.3, 0.4) is 0 Å². The molecule has 0 aliphatic rings. The topological polar surface area (TPSA) is 46.0 Å². The maximum absolute atomic E-state index is 8.84. The SMILES string of the molecule is Cc1nc(CCO)sc1-c1ccccn1. The molecular weight excluding hydrogens is 208 g/mol. The molecule has 2 aromatic rings. The Balaban J connectivity index is 2.36. The highest BCUT2D eigenvalue weighted by molar-refractivity contribution is 7.15. The van der Waals surface area contributed by atoms with Gasteiger partial charge in [-0.25, -0.2) is 4.98 Å². The van der Waals surface area contributed by atoms with Crippen molar-refractivity contribution in [2.45, 2.75) is 13.3 Å². The van der Waals surface area contributed by atoms with Gasteiger partial charge in [0.2, 0.25) is 0 Å². The first-order valence-corrected chi connectivity index (χ1v) is 5.61. The van der Waals surface area contributed by atoms with Gasteiger partial charge in [0.15, 0.2) is 0 Å². The maximum Gasteiger partial charge on any atom is 0.0958 e. The lowest BCUT2D eigenvalue weighted by Gasteiger charge is -1.95. The summed E-state index contributed by atoms with van der Waals surface area (Å²) in [4.78, 5) is 9.78. The molecule has 78 valence electrons. The van der Waals surface area contributed by atoms with Gasteiger partial charge in [-0.3, -0.25) is 4.98 Å². The average molecular weight is 220 g/mol. The summed E-state index contributed by atoms with van der Waals surface area (Å²) < 4.78 is 0. The molecule has 0 radical (unpaired) electrons. The predicted octanol–water partition coefficient (Wildman–Crippen LogP) is 2.05. The van der Waals surface area contributed by atoms with Crippen LogP contribution in [0.4, 0.5) is 0 Å². The predicted molar refractivity (Wildman–Crippen MR) is 60.9 cm³/mol. The number of aliphatic hydroxyl groups is 1. The zero-order valence-corrected chi connectivity index (χ0v) is 9.29. The molecule has 0 amide bonds. The van der Waals surface area contributed by atoms with Crippen LogP contribution in [0.25, 0.3) is 10.6 Å². The maximum atomic E-state index is 8.84. The van der Waals surface area contributed by atoms with Crippen LogP contribution in [-0.2, 0) is 6.42 Å². The van der Waals surface area contributed by atoms with Gasteiger partial charge in [-0.2, -0.15) is 0 Å². The molecule has 2 heterocycles. The van der Waals surface area contributed by atoms with Crippen LogP contribution in [0.2, 0.25) is 0 Å². The third kappa shape index (κ3) is 2.22. The van der Waals surface area contributed by atoms with Crippen LogP contribution in [0.15, 0.2) is 24.4 Å². The fourth-order valence-corrected chi connectivity index (χ4v) is 2.42. The normalized spacial score (nSPS) is 10.5. The average Bonchev–Trinajstić information content (AvgIpc) is 2.61. The number of hydrogen-bond acceptors (Lipinski definition) is 4. The van der Waals surface area contributed by atoms with Gasteiger partial charge in [0.1, 0.15) is 0 Å². The summed E-state index contributed by atoms with van der Waals surface area (Å²) in [5, 5.41) is 9.81. The van der Waals surface area contributed by atoms with Gasteiger partial charge in [0.25, 0.3) is 0 Å². The van der Waals surface area contributed by atoms with Crippen LogP contribution in [0.5, 0.6) is 0 Å². The summed E-state index contributed by atoms with van der Waals surface area (Å²) in [7, 11) is 0. The van der Waals surface area contributed by atoms with Crippen molar-refractivity contribution in [2.24, 2.45) is 0 Å². The second kappa shape index (κ2) is 4.51. The second-order valence-electron chi connectivity index (χ2n) is 3.21. The molecule has 4 heteroatoms. The smallest absolute Gasteiger partial charge is 0.0958 e. The van der Waals surface area contributed by atoms with E-state index < -0.39 is 0 Å². The number of thiazole rings is 1. The highest BCUT2D eigenvalue weighted by Gasteiger charge is 2.09. The van der Waals surface area contributed by atoms with Crippen molar-refractivity contribution >= 4 is 11.3 Å². The molecule has 3 nitrogen and oxygen atoms in total. The molecule has 2 rings (SSSR count). The van der Waals surface area contributed by atoms with E-state index >= 15 is 0 Å². The van der Waals surface area contributed by atoms with E-state index in [4.69, 9.17) is 5.11 Å². The fraction of sp³-hybridized carbons (Fsp3) is 0.273. The summed E-state index contributed by atoms with van der Waals surface area (Å²) in [6.45, 7) is 2.12. The van der Waals surface area contributed by atoms with Gasteiger partial charge in [0, 0.05) is 19.2 Å². The van der Waals surface area contributed by atoms with Crippen molar-refractivity contribution in [3.63, 3.8) is 0 Å². The molecule has 0 unspecified atom stereocenters. The summed E-state index contributed by atoms with van der Waals surface area (Å²) in [6, 6.07) is 5.84. The number of pyridine rings is 1. The third-order valence-corrected chi connectivity index (χ3v) is 3.30. The largest absolute Gasteiger partial charge is 0.396 e. The minimum absolute atomic E-state index is 0.147. The zero-order valence-electron chi connectivity index (χ0n) is 8.47. The Bertz CT molecular complexity index is 439. The lowest BCUT2D eigenvalue weighted by molar-refractivity contribution is 0.299. The van der Waals surface area contributed by atoms with Gasteiger partial charge in [-0.05, 0) is 19.1 Å². The highest BCUT2D eigenvalue weighted by atomic mass is 32.1. The molecule has 0 bridgehead atoms. The molecule has 0 atom stereocenters. The minimum Gasteiger partial charge on any atom is -0.396 e. The van der Waals surface area contributed by atoms with Crippen LogP contribution in [-0.4, -0.2) is 21.7 Å². The van der Waals surface area contributed by atoms with E-state index in [1.54, 1.807) is 17.5 Å². The number of nitrogens with zero attached hydrogens (tertiary/aromatic N) is 2. The van der Waals surface area contributed by atoms with Crippen molar-refractivity contribution in [1.29, 1.82) is 0 Å². The third-order valence-electron chi connectivity index (χ3n) is 2.06. The van der Waals surface area contributed by atoms with E-state index in [-0.39, 0.29) is 6.61 Å². The van der Waals surface area contributed by atoms with Crippen LogP contribution in [0.1, 0.15) is 10.7 Å². The first-order chi connectivity index (χ1) is 7.31. The Morgan fingerprint density at radius 1 is 1.40 bits per heavy atom. The van der Waals surface area contributed by atoms with Crippen LogP contribution < -0.4 is 0 Å². The molecule has 1 N–H and O–H groups in total. The summed E-state index contributed by atoms with van der Waals surface area (Å²) in [6.07, 6.45) is 2.40. The van der Waals surface area contributed by atoms with E-state index in [1.807, 2.05) is 25.1 Å². The van der Waals surface area contributed by atoms with Crippen molar-refractivity contribution in [2.75, 3.05) is 6.61 Å². The van der Waals surface area contributed by atoms with Crippen LogP contribution in [0, 0.1) is 6.92 Å². The molecule has 0 fully saturated rings. The molecule has 0 aliphatic carbocycles. The van der Waals surface area contributed by atoms with E-state index in [9.17, 15) is 0 Å². The Hall–Kier alpha value is -1.26. The van der Waals surface area contributed by atoms with Crippen molar-refractivity contribution in [3.8, 4) is 10.6 Å². The lowest BCUT2D eigenvalue weighted by Crippen LogP contribution is -1.88. The van der Waals surface area contributed by atoms with Crippen LogP contribution >= 0.6 is 11.3 Å². The van der Waals surface area contributed by atoms with Crippen molar-refractivity contribution in [3.05, 3.63) is 35.1 Å². The van der Waals surface area contributed by atoms with Crippen molar-refractivity contribution in [1.82, 2.24) is 9.97 Å². The van der Waals surface area contributed by atoms with Gasteiger partial charge in [-0.1, -0.05) is 6.07 Å². The monoisotopic (exact) mass is 220 g/mol. The summed E-state index contributed by atoms with van der Waals surface area (Å²) >= 11 is 1.60. The number of aryl methyl sites for hydroxylation is 1. The summed E-state index contributed by atoms with van der Waals surface area (Å²) in [5.41, 5.74) is 1.94. The van der Waals surface area contributed by atoms with E-state index in [0.717, 1.165) is 21.3 Å². The molecular formula is C11H12N2OS. The lowest BCUT2D eigenvalue weighted by atomic mass is 10.3. The van der Waals surface area contributed by atoms with Gasteiger partial charge in [-0.15, -0.1) is 11.3 Å². The van der Waals surface area contributed by atoms with E-state index in [1.165, 1.54) is 0 Å². The molecule has 2 aromatic heterocycles. The second-order valence-corrected chi connectivity index (χ2v) is 4.29. The molecule has 0 aromatic carbocycles. The molecule has 0 saturated carbocycles. The fourth-order valence-electron chi connectivity index (χ4n) is 1.39. The first kappa shape index (κ1) is 10.3. The van der Waals surface area contributed by atoms with E-state index in [0.29, 0.717) is 6.42 Å². The van der Waals surface area contributed by atoms with Crippen molar-refractivity contribution < 1.29 is 5.11 Å². The summed E-state index contributed by atoms with van der Waals surface area (Å²) in [5.74, 6) is 0. The minimum atomic E-state index is 0.147. The first-order valence-electron chi connectivity index (χ1n) is 4.80. The molecule has 15 heavy (non-hydrogen) atoms. The quantitative estimate of drug-likeness (QED) is 0.861. The Kier molecular flexibility index (Phi) is 3.08. The van der Waals surface area contributed by atoms with Gasteiger partial charge in [0.05, 0.1) is 21.3 Å². The number of hydrogen-bond donors (Lipinski definition) is 1. The van der Waals surface area contributed by atoms with Gasteiger partial charge >= 0.3 is 0 Å². The zero-order chi connectivity index (χ0) is 10.7. The highest BCUT2D eigenvalue weighted by Crippen LogP contribution is 2.28. The number of aliphatic hydroxyl groups excluding tert-OH is 1. The molecule has 0 aliphatic heterocycles. The Morgan fingerprint density at radius 3 is 2.93 bits per heavy atom. The molecule has 0 saturated heterocycles. The molecule has 0 spiro atoms. The number of rotatable bonds is 3. The van der Waals surface area contributed by atoms with Gasteiger partial charge < -0.3 is 5.11 Å². The van der Waals surface area contributed by atoms with E-state index in [2.05, 4.69) is 9.97 Å². The Labute approximate surface area is 92.5 Å². The standard InChI is InChI=1S/C11H12N2OS/c1-8-11(9-4-2-3-6-12-9)15-10(13-8)5-7-14/h2-4,6,14H,5,7H2,1H3. The Morgan fingerprint density at radius 2 is 2.27 bits per heavy atom.